The van der Waals surface area contributed by atoms with E-state index in [0.717, 1.165) is 0 Å². The van der Waals surface area contributed by atoms with Crippen molar-refractivity contribution in [2.45, 2.75) is 25.8 Å². The Morgan fingerprint density at radius 3 is 2.76 bits per heavy atom. The second-order valence-corrected chi connectivity index (χ2v) is 4.89. The number of aromatic nitrogens is 1. The lowest BCUT2D eigenvalue weighted by molar-refractivity contribution is 0.0697. The molecular weight excluding hydrogens is 240 g/mol. The monoisotopic (exact) mass is 254 g/mol. The minimum absolute atomic E-state index is 0.199. The first-order valence-electron chi connectivity index (χ1n) is 5.63. The molecule has 1 aromatic rings. The van der Waals surface area contributed by atoms with Crippen LogP contribution in [0.1, 0.15) is 30.1 Å². The van der Waals surface area contributed by atoms with E-state index in [1.54, 1.807) is 0 Å². The first kappa shape index (κ1) is 12.2. The lowest BCUT2D eigenvalue weighted by Gasteiger charge is -2.27. The van der Waals surface area contributed by atoms with Gasteiger partial charge in [0.15, 0.2) is 0 Å². The first-order chi connectivity index (χ1) is 8.00. The van der Waals surface area contributed by atoms with Crippen LogP contribution in [0.4, 0.5) is 5.82 Å². The number of hydrogen-bond acceptors (Lipinski definition) is 3. The van der Waals surface area contributed by atoms with Crippen LogP contribution < -0.4 is 4.90 Å². The second-order valence-electron chi connectivity index (χ2n) is 4.50. The highest BCUT2D eigenvalue weighted by Crippen LogP contribution is 2.36. The van der Waals surface area contributed by atoms with E-state index in [4.69, 9.17) is 16.7 Å². The van der Waals surface area contributed by atoms with Crippen LogP contribution in [0, 0.1) is 5.92 Å². The molecule has 0 aromatic carbocycles. The Labute approximate surface area is 105 Å². The van der Waals surface area contributed by atoms with Gasteiger partial charge in [-0.05, 0) is 37.8 Å². The van der Waals surface area contributed by atoms with Crippen LogP contribution in [0.15, 0.2) is 12.1 Å². The highest BCUT2D eigenvalue weighted by atomic mass is 35.5. The van der Waals surface area contributed by atoms with Crippen LogP contribution in [-0.4, -0.2) is 29.1 Å². The standard InChI is InChI=1S/C12H15ClN2O2/c1-7(8-3-4-8)15(2)11-9(12(16)17)5-6-10(13)14-11/h5-8H,3-4H2,1-2H3,(H,16,17). The summed E-state index contributed by atoms with van der Waals surface area (Å²) in [5.41, 5.74) is 0.199. The third-order valence-electron chi connectivity index (χ3n) is 3.32. The maximum atomic E-state index is 11.1. The van der Waals surface area contributed by atoms with Gasteiger partial charge in [0.1, 0.15) is 16.5 Å². The molecule has 1 saturated carbocycles. The molecule has 92 valence electrons. The van der Waals surface area contributed by atoms with Crippen LogP contribution in [0.3, 0.4) is 0 Å². The quantitative estimate of drug-likeness (QED) is 0.840. The highest BCUT2D eigenvalue weighted by Gasteiger charge is 2.32. The maximum Gasteiger partial charge on any atom is 0.339 e. The SMILES string of the molecule is CC(C1CC1)N(C)c1nc(Cl)ccc1C(=O)O. The van der Waals surface area contributed by atoms with Gasteiger partial charge in [0, 0.05) is 13.1 Å². The zero-order chi connectivity index (χ0) is 12.6. The Hall–Kier alpha value is -1.29. The normalized spacial score (nSPS) is 16.6. The van der Waals surface area contributed by atoms with E-state index in [9.17, 15) is 4.79 Å². The number of halogens is 1. The van der Waals surface area contributed by atoms with Crippen LogP contribution in [-0.2, 0) is 0 Å². The average molecular weight is 255 g/mol. The Morgan fingerprint density at radius 1 is 1.59 bits per heavy atom. The van der Waals surface area contributed by atoms with Gasteiger partial charge in [0.25, 0.3) is 0 Å². The number of nitrogens with zero attached hydrogens (tertiary/aromatic N) is 2. The van der Waals surface area contributed by atoms with Gasteiger partial charge in [-0.15, -0.1) is 0 Å². The van der Waals surface area contributed by atoms with Gasteiger partial charge in [-0.25, -0.2) is 9.78 Å². The molecule has 0 amide bonds. The first-order valence-corrected chi connectivity index (χ1v) is 6.01. The number of carboxylic acid groups (broad SMARTS) is 1. The van der Waals surface area contributed by atoms with Crippen molar-refractivity contribution in [1.82, 2.24) is 4.98 Å². The minimum Gasteiger partial charge on any atom is -0.478 e. The summed E-state index contributed by atoms with van der Waals surface area (Å²) in [5, 5.41) is 9.45. The van der Waals surface area contributed by atoms with Crippen molar-refractivity contribution in [2.24, 2.45) is 5.92 Å². The molecular formula is C12H15ClN2O2. The van der Waals surface area contributed by atoms with E-state index in [-0.39, 0.29) is 5.56 Å². The molecule has 0 spiro atoms. The Balaban J connectivity index is 2.34. The van der Waals surface area contributed by atoms with Gasteiger partial charge in [0.2, 0.25) is 0 Å². The minimum atomic E-state index is -0.973. The van der Waals surface area contributed by atoms with Gasteiger partial charge < -0.3 is 10.0 Å². The Morgan fingerprint density at radius 2 is 2.24 bits per heavy atom. The summed E-state index contributed by atoms with van der Waals surface area (Å²) in [6.07, 6.45) is 2.41. The smallest absolute Gasteiger partial charge is 0.339 e. The summed E-state index contributed by atoms with van der Waals surface area (Å²) in [4.78, 5) is 17.2. The predicted octanol–water partition coefficient (Wildman–Crippen LogP) is 2.67. The third-order valence-corrected chi connectivity index (χ3v) is 3.53. The highest BCUT2D eigenvalue weighted by molar-refractivity contribution is 6.29. The van der Waals surface area contributed by atoms with Crippen molar-refractivity contribution in [1.29, 1.82) is 0 Å². The van der Waals surface area contributed by atoms with Gasteiger partial charge in [0.05, 0.1) is 0 Å². The van der Waals surface area contributed by atoms with Gasteiger partial charge >= 0.3 is 5.97 Å². The average Bonchev–Trinajstić information content (AvgIpc) is 3.10. The second kappa shape index (κ2) is 4.53. The fraction of sp³-hybridized carbons (Fsp3) is 0.500. The molecule has 1 fully saturated rings. The largest absolute Gasteiger partial charge is 0.478 e. The van der Waals surface area contributed by atoms with E-state index >= 15 is 0 Å². The molecule has 2 rings (SSSR count). The zero-order valence-corrected chi connectivity index (χ0v) is 10.6. The zero-order valence-electron chi connectivity index (χ0n) is 9.85. The van der Waals surface area contributed by atoms with E-state index in [0.29, 0.717) is 22.9 Å². The molecule has 1 aliphatic rings. The number of hydrogen-bond donors (Lipinski definition) is 1. The molecule has 4 nitrogen and oxygen atoms in total. The molecule has 0 radical (unpaired) electrons. The molecule has 0 saturated heterocycles. The van der Waals surface area contributed by atoms with Crippen molar-refractivity contribution >= 4 is 23.4 Å². The van der Waals surface area contributed by atoms with Crippen molar-refractivity contribution in [3.05, 3.63) is 22.8 Å². The molecule has 1 aliphatic carbocycles. The number of carboxylic acids is 1. The molecule has 0 bridgehead atoms. The summed E-state index contributed by atoms with van der Waals surface area (Å²) < 4.78 is 0. The predicted molar refractivity (Wildman–Crippen MR) is 66.8 cm³/mol. The molecule has 1 unspecified atom stereocenters. The summed E-state index contributed by atoms with van der Waals surface area (Å²) in [7, 11) is 1.87. The fourth-order valence-electron chi connectivity index (χ4n) is 1.95. The Kier molecular flexibility index (Phi) is 3.24. The van der Waals surface area contributed by atoms with Crippen LogP contribution in [0.25, 0.3) is 0 Å². The molecule has 0 aliphatic heterocycles. The van der Waals surface area contributed by atoms with Crippen LogP contribution in [0.5, 0.6) is 0 Å². The maximum absolute atomic E-state index is 11.1. The molecule has 1 N–H and O–H groups in total. The van der Waals surface area contributed by atoms with E-state index < -0.39 is 5.97 Å². The number of anilines is 1. The molecule has 17 heavy (non-hydrogen) atoms. The number of aromatic carboxylic acids is 1. The summed E-state index contributed by atoms with van der Waals surface area (Å²) in [6.45, 7) is 2.09. The summed E-state index contributed by atoms with van der Waals surface area (Å²) in [6, 6.07) is 3.30. The third kappa shape index (κ3) is 2.52. The number of pyridine rings is 1. The number of rotatable bonds is 4. The van der Waals surface area contributed by atoms with Crippen molar-refractivity contribution in [3.8, 4) is 0 Å². The van der Waals surface area contributed by atoms with E-state index in [1.807, 2.05) is 11.9 Å². The molecule has 1 aromatic heterocycles. The van der Waals surface area contributed by atoms with Crippen molar-refractivity contribution < 1.29 is 9.90 Å². The topological polar surface area (TPSA) is 53.4 Å². The van der Waals surface area contributed by atoms with Crippen molar-refractivity contribution in [3.63, 3.8) is 0 Å². The van der Waals surface area contributed by atoms with E-state index in [2.05, 4.69) is 11.9 Å². The number of carbonyl (C=O) groups is 1. The molecule has 5 heteroatoms. The van der Waals surface area contributed by atoms with Crippen LogP contribution in [0.2, 0.25) is 5.15 Å². The summed E-state index contributed by atoms with van der Waals surface area (Å²) >= 11 is 5.83. The van der Waals surface area contributed by atoms with Crippen molar-refractivity contribution in [2.75, 3.05) is 11.9 Å². The summed E-state index contributed by atoms with van der Waals surface area (Å²) in [5.74, 6) is 0.117. The van der Waals surface area contributed by atoms with Gasteiger partial charge in [-0.1, -0.05) is 11.6 Å². The lowest BCUT2D eigenvalue weighted by atomic mass is 10.1. The van der Waals surface area contributed by atoms with Gasteiger partial charge in [-0.3, -0.25) is 0 Å². The Bertz CT molecular complexity index is 446. The molecule has 1 heterocycles. The van der Waals surface area contributed by atoms with Crippen LogP contribution >= 0.6 is 11.6 Å². The fourth-order valence-corrected chi connectivity index (χ4v) is 2.09. The lowest BCUT2D eigenvalue weighted by Crippen LogP contribution is -2.32. The van der Waals surface area contributed by atoms with E-state index in [1.165, 1.54) is 25.0 Å². The van der Waals surface area contributed by atoms with Gasteiger partial charge in [-0.2, -0.15) is 0 Å². The molecule has 1 atom stereocenters.